The van der Waals surface area contributed by atoms with Crippen LogP contribution in [0, 0.1) is 5.82 Å². The van der Waals surface area contributed by atoms with Crippen molar-refractivity contribution in [3.05, 3.63) is 65.6 Å². The Morgan fingerprint density at radius 3 is 2.48 bits per heavy atom. The third kappa shape index (κ3) is 3.22. The van der Waals surface area contributed by atoms with Gasteiger partial charge in [-0.2, -0.15) is 0 Å². The summed E-state index contributed by atoms with van der Waals surface area (Å²) in [5.41, 5.74) is 9.13. The van der Waals surface area contributed by atoms with Crippen molar-refractivity contribution in [3.8, 4) is 5.75 Å². The zero-order valence-corrected chi connectivity index (χ0v) is 13.4. The summed E-state index contributed by atoms with van der Waals surface area (Å²) in [5.74, 6) is 0.401. The molecule has 0 aliphatic carbocycles. The van der Waals surface area contributed by atoms with E-state index in [4.69, 9.17) is 10.5 Å². The lowest BCUT2D eigenvalue weighted by Gasteiger charge is -2.15. The first-order valence-corrected chi connectivity index (χ1v) is 7.79. The van der Waals surface area contributed by atoms with Gasteiger partial charge in [0.15, 0.2) is 0 Å². The Bertz CT molecular complexity index is 806. The van der Waals surface area contributed by atoms with Crippen molar-refractivity contribution >= 4 is 10.9 Å². The number of nitrogens with two attached hydrogens (primary N) is 1. The molecule has 120 valence electrons. The maximum atomic E-state index is 13.0. The van der Waals surface area contributed by atoms with Crippen LogP contribution in [0.2, 0.25) is 0 Å². The van der Waals surface area contributed by atoms with Crippen LogP contribution in [0.5, 0.6) is 5.75 Å². The van der Waals surface area contributed by atoms with Crippen LogP contribution in [-0.2, 0) is 13.2 Å². The molecule has 0 saturated heterocycles. The number of fused-ring (bicyclic) bond motifs is 1. The Balaban J connectivity index is 1.93. The lowest BCUT2D eigenvalue weighted by Crippen LogP contribution is -2.08. The van der Waals surface area contributed by atoms with Crippen LogP contribution in [0.25, 0.3) is 10.9 Å². The van der Waals surface area contributed by atoms with Crippen LogP contribution in [0.1, 0.15) is 31.1 Å². The van der Waals surface area contributed by atoms with Gasteiger partial charge in [-0.1, -0.05) is 12.1 Å². The molecular formula is C19H21FN2O. The predicted octanol–water partition coefficient (Wildman–Crippen LogP) is 4.40. The minimum absolute atomic E-state index is 0.261. The molecule has 1 aromatic heterocycles. The highest BCUT2D eigenvalue weighted by atomic mass is 19.1. The van der Waals surface area contributed by atoms with Gasteiger partial charge >= 0.3 is 0 Å². The standard InChI is InChI=1S/C19H21FN2O/c1-13(2)22-17(12-23-18-7-5-16(20)6-8-18)10-15-4-3-14(11-21)9-19(15)22/h3-10,13H,11-12,21H2,1-2H3. The van der Waals surface area contributed by atoms with Gasteiger partial charge in [-0.05, 0) is 55.8 Å². The van der Waals surface area contributed by atoms with E-state index in [0.29, 0.717) is 24.9 Å². The van der Waals surface area contributed by atoms with E-state index >= 15 is 0 Å². The van der Waals surface area contributed by atoms with Crippen molar-refractivity contribution in [2.24, 2.45) is 5.73 Å². The Morgan fingerprint density at radius 1 is 1.09 bits per heavy atom. The summed E-state index contributed by atoms with van der Waals surface area (Å²) in [5, 5.41) is 1.17. The number of hydrogen-bond donors (Lipinski definition) is 1. The van der Waals surface area contributed by atoms with Gasteiger partial charge < -0.3 is 15.0 Å². The summed E-state index contributed by atoms with van der Waals surface area (Å²) in [6, 6.07) is 14.8. The fraction of sp³-hybridized carbons (Fsp3) is 0.263. The van der Waals surface area contributed by atoms with Gasteiger partial charge in [0.25, 0.3) is 0 Å². The van der Waals surface area contributed by atoms with Crippen LogP contribution in [0.4, 0.5) is 4.39 Å². The zero-order chi connectivity index (χ0) is 16.4. The molecule has 0 amide bonds. The predicted molar refractivity (Wildman–Crippen MR) is 90.9 cm³/mol. The Labute approximate surface area is 135 Å². The van der Waals surface area contributed by atoms with Crippen molar-refractivity contribution in [1.82, 2.24) is 4.57 Å². The minimum atomic E-state index is -0.261. The fourth-order valence-electron chi connectivity index (χ4n) is 2.86. The summed E-state index contributed by atoms with van der Waals surface area (Å²) in [6.45, 7) is 5.27. The molecule has 0 aliphatic heterocycles. The quantitative estimate of drug-likeness (QED) is 0.758. The molecule has 3 nitrogen and oxygen atoms in total. The van der Waals surface area contributed by atoms with Crippen molar-refractivity contribution in [2.45, 2.75) is 33.0 Å². The van der Waals surface area contributed by atoms with Gasteiger partial charge in [0, 0.05) is 23.5 Å². The van der Waals surface area contributed by atoms with Crippen LogP contribution in [0.15, 0.2) is 48.5 Å². The van der Waals surface area contributed by atoms with Crippen molar-refractivity contribution in [3.63, 3.8) is 0 Å². The van der Waals surface area contributed by atoms with Crippen LogP contribution < -0.4 is 10.5 Å². The smallest absolute Gasteiger partial charge is 0.128 e. The zero-order valence-electron chi connectivity index (χ0n) is 13.4. The van der Waals surface area contributed by atoms with Gasteiger partial charge in [0.2, 0.25) is 0 Å². The summed E-state index contributed by atoms with van der Waals surface area (Å²) >= 11 is 0. The van der Waals surface area contributed by atoms with Gasteiger partial charge in [-0.15, -0.1) is 0 Å². The second-order valence-electron chi connectivity index (χ2n) is 5.94. The second-order valence-corrected chi connectivity index (χ2v) is 5.94. The lowest BCUT2D eigenvalue weighted by atomic mass is 10.1. The van der Waals surface area contributed by atoms with Crippen LogP contribution in [0.3, 0.4) is 0 Å². The van der Waals surface area contributed by atoms with Crippen molar-refractivity contribution in [2.75, 3.05) is 0 Å². The SMILES string of the molecule is CC(C)n1c(COc2ccc(F)cc2)cc2ccc(CN)cc21. The maximum absolute atomic E-state index is 13.0. The molecule has 0 fully saturated rings. The molecule has 0 unspecified atom stereocenters. The average Bonchev–Trinajstić information content (AvgIpc) is 2.91. The third-order valence-corrected chi connectivity index (χ3v) is 3.94. The molecule has 0 aliphatic rings. The number of rotatable bonds is 5. The molecular weight excluding hydrogens is 291 g/mol. The second kappa shape index (κ2) is 6.42. The van der Waals surface area contributed by atoms with Crippen molar-refractivity contribution in [1.29, 1.82) is 0 Å². The molecule has 2 aromatic carbocycles. The van der Waals surface area contributed by atoms with E-state index in [1.54, 1.807) is 12.1 Å². The number of benzene rings is 2. The van der Waals surface area contributed by atoms with E-state index in [2.05, 4.69) is 42.7 Å². The average molecular weight is 312 g/mol. The largest absolute Gasteiger partial charge is 0.487 e. The molecule has 1 heterocycles. The monoisotopic (exact) mass is 312 g/mol. The Kier molecular flexibility index (Phi) is 4.35. The first kappa shape index (κ1) is 15.6. The Hall–Kier alpha value is -2.33. The van der Waals surface area contributed by atoms with Crippen LogP contribution in [-0.4, -0.2) is 4.57 Å². The van der Waals surface area contributed by atoms with Gasteiger partial charge in [-0.25, -0.2) is 4.39 Å². The number of ether oxygens (including phenoxy) is 1. The highest BCUT2D eigenvalue weighted by Gasteiger charge is 2.12. The van der Waals surface area contributed by atoms with Gasteiger partial charge in [-0.3, -0.25) is 0 Å². The van der Waals surface area contributed by atoms with E-state index in [1.165, 1.54) is 23.0 Å². The van der Waals surface area contributed by atoms with E-state index in [-0.39, 0.29) is 5.82 Å². The maximum Gasteiger partial charge on any atom is 0.128 e. The van der Waals surface area contributed by atoms with Crippen LogP contribution >= 0.6 is 0 Å². The molecule has 3 rings (SSSR count). The van der Waals surface area contributed by atoms with E-state index in [1.807, 2.05) is 0 Å². The summed E-state index contributed by atoms with van der Waals surface area (Å²) in [6.07, 6.45) is 0. The van der Waals surface area contributed by atoms with E-state index in [9.17, 15) is 4.39 Å². The van der Waals surface area contributed by atoms with E-state index < -0.39 is 0 Å². The summed E-state index contributed by atoms with van der Waals surface area (Å²) in [4.78, 5) is 0. The normalized spacial score (nSPS) is 11.3. The molecule has 2 N–H and O–H groups in total. The lowest BCUT2D eigenvalue weighted by molar-refractivity contribution is 0.292. The molecule has 0 spiro atoms. The topological polar surface area (TPSA) is 40.2 Å². The number of halogens is 1. The first-order valence-electron chi connectivity index (χ1n) is 7.79. The van der Waals surface area contributed by atoms with Gasteiger partial charge in [0.1, 0.15) is 18.2 Å². The molecule has 0 atom stereocenters. The molecule has 4 heteroatoms. The Morgan fingerprint density at radius 2 is 1.83 bits per heavy atom. The van der Waals surface area contributed by atoms with Gasteiger partial charge in [0.05, 0.1) is 5.69 Å². The molecule has 0 bridgehead atoms. The number of nitrogens with zero attached hydrogens (tertiary/aromatic N) is 1. The highest BCUT2D eigenvalue weighted by molar-refractivity contribution is 5.82. The molecule has 23 heavy (non-hydrogen) atoms. The van der Waals surface area contributed by atoms with E-state index in [0.717, 1.165) is 11.3 Å². The number of aromatic nitrogens is 1. The fourth-order valence-corrected chi connectivity index (χ4v) is 2.86. The highest BCUT2D eigenvalue weighted by Crippen LogP contribution is 2.26. The molecule has 0 saturated carbocycles. The first-order chi connectivity index (χ1) is 11.1. The number of hydrogen-bond acceptors (Lipinski definition) is 2. The summed E-state index contributed by atoms with van der Waals surface area (Å²) in [7, 11) is 0. The molecule has 0 radical (unpaired) electrons. The molecule has 3 aromatic rings. The minimum Gasteiger partial charge on any atom is -0.487 e. The third-order valence-electron chi connectivity index (χ3n) is 3.94. The summed E-state index contributed by atoms with van der Waals surface area (Å²) < 4.78 is 21.0. The van der Waals surface area contributed by atoms with Crippen molar-refractivity contribution < 1.29 is 9.13 Å².